The SMILES string of the molecule is CCC(CC)c1cc[n+](CC(=O)Nc2cccc3ccccc23)cc1.[Cl-]. The van der Waals surface area contributed by atoms with E-state index in [2.05, 4.69) is 43.4 Å². The van der Waals surface area contributed by atoms with Crippen molar-refractivity contribution in [1.29, 1.82) is 0 Å². The number of hydrogen-bond acceptors (Lipinski definition) is 1. The van der Waals surface area contributed by atoms with Crippen molar-refractivity contribution in [3.8, 4) is 0 Å². The molecule has 0 radical (unpaired) electrons. The molecular formula is C22H25ClN2O. The monoisotopic (exact) mass is 368 g/mol. The van der Waals surface area contributed by atoms with Crippen molar-refractivity contribution in [2.24, 2.45) is 0 Å². The van der Waals surface area contributed by atoms with Gasteiger partial charge in [-0.3, -0.25) is 4.79 Å². The highest BCUT2D eigenvalue weighted by molar-refractivity contribution is 6.01. The molecule has 0 spiro atoms. The molecule has 0 aliphatic carbocycles. The third kappa shape index (κ3) is 4.61. The molecule has 1 heterocycles. The predicted octanol–water partition coefficient (Wildman–Crippen LogP) is 1.67. The highest BCUT2D eigenvalue weighted by atomic mass is 35.5. The number of anilines is 1. The molecule has 0 atom stereocenters. The van der Waals surface area contributed by atoms with E-state index in [1.807, 2.05) is 47.3 Å². The van der Waals surface area contributed by atoms with Crippen LogP contribution in [0.4, 0.5) is 5.69 Å². The minimum Gasteiger partial charge on any atom is -1.00 e. The molecule has 0 bridgehead atoms. The Labute approximate surface area is 161 Å². The fourth-order valence-corrected chi connectivity index (χ4v) is 3.30. The van der Waals surface area contributed by atoms with Crippen LogP contribution in [0.1, 0.15) is 38.2 Å². The molecule has 0 aliphatic rings. The summed E-state index contributed by atoms with van der Waals surface area (Å²) in [5, 5.41) is 5.22. The first kappa shape index (κ1) is 19.9. The van der Waals surface area contributed by atoms with Crippen LogP contribution in [0.5, 0.6) is 0 Å². The number of nitrogens with zero attached hydrogens (tertiary/aromatic N) is 1. The summed E-state index contributed by atoms with van der Waals surface area (Å²) < 4.78 is 1.92. The van der Waals surface area contributed by atoms with E-state index in [4.69, 9.17) is 0 Å². The number of halogens is 1. The van der Waals surface area contributed by atoms with Gasteiger partial charge in [-0.15, -0.1) is 0 Å². The van der Waals surface area contributed by atoms with E-state index >= 15 is 0 Å². The molecule has 0 unspecified atom stereocenters. The summed E-state index contributed by atoms with van der Waals surface area (Å²) in [4.78, 5) is 12.4. The smallest absolute Gasteiger partial charge is 0.290 e. The van der Waals surface area contributed by atoms with Gasteiger partial charge in [-0.05, 0) is 35.8 Å². The predicted molar refractivity (Wildman–Crippen MR) is 103 cm³/mol. The van der Waals surface area contributed by atoms with Gasteiger partial charge in [0.1, 0.15) is 0 Å². The number of carbonyl (C=O) groups is 1. The van der Waals surface area contributed by atoms with Crippen LogP contribution in [0.3, 0.4) is 0 Å². The van der Waals surface area contributed by atoms with Crippen molar-refractivity contribution >= 4 is 22.4 Å². The Bertz CT molecular complexity index is 852. The first-order valence-corrected chi connectivity index (χ1v) is 8.98. The van der Waals surface area contributed by atoms with Gasteiger partial charge in [0.2, 0.25) is 6.54 Å². The maximum absolute atomic E-state index is 12.4. The van der Waals surface area contributed by atoms with E-state index in [0.717, 1.165) is 29.3 Å². The number of amides is 1. The van der Waals surface area contributed by atoms with E-state index in [1.54, 1.807) is 0 Å². The van der Waals surface area contributed by atoms with Crippen LogP contribution in [-0.4, -0.2) is 5.91 Å². The van der Waals surface area contributed by atoms with Crippen molar-refractivity contribution in [2.75, 3.05) is 5.32 Å². The minimum atomic E-state index is -0.0170. The number of fused-ring (bicyclic) bond motifs is 1. The Morgan fingerprint density at radius 3 is 2.31 bits per heavy atom. The van der Waals surface area contributed by atoms with Gasteiger partial charge in [0, 0.05) is 23.2 Å². The summed E-state index contributed by atoms with van der Waals surface area (Å²) in [5.74, 6) is 0.579. The zero-order valence-corrected chi connectivity index (χ0v) is 16.0. The number of benzene rings is 2. The van der Waals surface area contributed by atoms with Crippen LogP contribution >= 0.6 is 0 Å². The van der Waals surface area contributed by atoms with Crippen molar-refractivity contribution < 1.29 is 21.8 Å². The normalized spacial score (nSPS) is 10.6. The summed E-state index contributed by atoms with van der Waals surface area (Å²) in [6.45, 7) is 4.74. The second-order valence-electron chi connectivity index (χ2n) is 6.39. The second kappa shape index (κ2) is 9.35. The summed E-state index contributed by atoms with van der Waals surface area (Å²) in [6.07, 6.45) is 6.27. The van der Waals surface area contributed by atoms with Crippen molar-refractivity contribution in [3.63, 3.8) is 0 Å². The first-order valence-electron chi connectivity index (χ1n) is 8.98. The quantitative estimate of drug-likeness (QED) is 0.660. The Morgan fingerprint density at radius 2 is 1.62 bits per heavy atom. The van der Waals surface area contributed by atoms with Gasteiger partial charge in [-0.2, -0.15) is 4.57 Å². The first-order chi connectivity index (χ1) is 12.2. The van der Waals surface area contributed by atoms with Gasteiger partial charge in [0.15, 0.2) is 12.4 Å². The summed E-state index contributed by atoms with van der Waals surface area (Å²) >= 11 is 0. The molecule has 0 aliphatic heterocycles. The molecule has 1 N–H and O–H groups in total. The lowest BCUT2D eigenvalue weighted by Gasteiger charge is -2.11. The fraction of sp³-hybridized carbons (Fsp3) is 0.273. The largest absolute Gasteiger partial charge is 1.00 e. The molecule has 1 amide bonds. The molecule has 2 aromatic carbocycles. The second-order valence-corrected chi connectivity index (χ2v) is 6.39. The third-order valence-corrected chi connectivity index (χ3v) is 4.76. The van der Waals surface area contributed by atoms with Gasteiger partial charge in [0.25, 0.3) is 5.91 Å². The highest BCUT2D eigenvalue weighted by Gasteiger charge is 2.13. The third-order valence-electron chi connectivity index (χ3n) is 4.76. The van der Waals surface area contributed by atoms with E-state index in [1.165, 1.54) is 5.56 Å². The van der Waals surface area contributed by atoms with Crippen molar-refractivity contribution in [3.05, 3.63) is 72.6 Å². The Kier molecular flexibility index (Phi) is 7.16. The summed E-state index contributed by atoms with van der Waals surface area (Å²) in [5.41, 5.74) is 2.20. The molecule has 0 saturated carbocycles. The van der Waals surface area contributed by atoms with Crippen molar-refractivity contribution in [2.45, 2.75) is 39.2 Å². The van der Waals surface area contributed by atoms with Crippen LogP contribution in [0.25, 0.3) is 10.8 Å². The maximum atomic E-state index is 12.4. The Morgan fingerprint density at radius 1 is 0.962 bits per heavy atom. The number of aromatic nitrogens is 1. The fourth-order valence-electron chi connectivity index (χ4n) is 3.30. The number of hydrogen-bond donors (Lipinski definition) is 1. The van der Waals surface area contributed by atoms with Gasteiger partial charge in [0.05, 0.1) is 0 Å². The maximum Gasteiger partial charge on any atom is 0.290 e. The Balaban J connectivity index is 0.00000243. The number of carbonyl (C=O) groups excluding carboxylic acids is 1. The van der Waals surface area contributed by atoms with Gasteiger partial charge in [-0.1, -0.05) is 50.2 Å². The van der Waals surface area contributed by atoms with Crippen LogP contribution < -0.4 is 22.3 Å². The zero-order valence-electron chi connectivity index (χ0n) is 15.3. The molecule has 3 rings (SSSR count). The molecule has 26 heavy (non-hydrogen) atoms. The van der Waals surface area contributed by atoms with E-state index in [0.29, 0.717) is 12.5 Å². The number of nitrogens with one attached hydrogen (secondary N) is 1. The molecule has 0 saturated heterocycles. The van der Waals surface area contributed by atoms with Gasteiger partial charge >= 0.3 is 0 Å². The molecule has 0 fully saturated rings. The number of pyridine rings is 1. The van der Waals surface area contributed by atoms with E-state index in [9.17, 15) is 4.79 Å². The minimum absolute atomic E-state index is 0. The zero-order chi connectivity index (χ0) is 17.6. The lowest BCUT2D eigenvalue weighted by molar-refractivity contribution is -0.684. The van der Waals surface area contributed by atoms with Gasteiger partial charge < -0.3 is 17.7 Å². The molecule has 4 heteroatoms. The van der Waals surface area contributed by atoms with Crippen molar-refractivity contribution in [1.82, 2.24) is 0 Å². The molecule has 136 valence electrons. The average Bonchev–Trinajstić information content (AvgIpc) is 2.64. The van der Waals surface area contributed by atoms with Crippen LogP contribution in [0.2, 0.25) is 0 Å². The van der Waals surface area contributed by atoms with E-state index in [-0.39, 0.29) is 18.3 Å². The molecular weight excluding hydrogens is 344 g/mol. The summed E-state index contributed by atoms with van der Waals surface area (Å²) in [7, 11) is 0. The Hall–Kier alpha value is -2.39. The van der Waals surface area contributed by atoms with Crippen LogP contribution in [-0.2, 0) is 11.3 Å². The van der Waals surface area contributed by atoms with Gasteiger partial charge in [-0.25, -0.2) is 0 Å². The number of rotatable bonds is 6. The lowest BCUT2D eigenvalue weighted by atomic mass is 9.95. The standard InChI is InChI=1S/C22H24N2O.ClH/c1-3-17(4-2)18-12-14-24(15-13-18)16-22(25)23-21-11-7-9-19-8-5-6-10-20(19)21;/h5-15,17H,3-4,16H2,1-2H3;1H. The average molecular weight is 369 g/mol. The highest BCUT2D eigenvalue weighted by Crippen LogP contribution is 2.23. The molecule has 3 aromatic rings. The molecule has 1 aromatic heterocycles. The lowest BCUT2D eigenvalue weighted by Crippen LogP contribution is -3.00. The van der Waals surface area contributed by atoms with Crippen LogP contribution in [0.15, 0.2) is 67.0 Å². The topological polar surface area (TPSA) is 33.0 Å². The molecule has 3 nitrogen and oxygen atoms in total. The summed E-state index contributed by atoms with van der Waals surface area (Å²) in [6, 6.07) is 18.3. The van der Waals surface area contributed by atoms with E-state index < -0.39 is 0 Å². The van der Waals surface area contributed by atoms with Crippen LogP contribution in [0, 0.1) is 0 Å².